The van der Waals surface area contributed by atoms with Crippen LogP contribution < -0.4 is 5.32 Å². The lowest BCUT2D eigenvalue weighted by molar-refractivity contribution is -0.648. The smallest absolute Gasteiger partial charge is 0.0726 e. The zero-order valence-corrected chi connectivity index (χ0v) is 12.2. The molecule has 0 radical (unpaired) electrons. The van der Waals surface area contributed by atoms with Crippen LogP contribution in [0.4, 0.5) is 0 Å². The Labute approximate surface area is 106 Å². The van der Waals surface area contributed by atoms with E-state index in [4.69, 9.17) is 24.8 Å². The molecule has 15 heavy (non-hydrogen) atoms. The molecule has 0 heterocycles. The van der Waals surface area contributed by atoms with Crippen molar-refractivity contribution < 1.29 is 5.32 Å². The summed E-state index contributed by atoms with van der Waals surface area (Å²) in [5, 5.41) is 2.25. The first-order valence-electron chi connectivity index (χ1n) is 5.91. The molecular weight excluding hydrogens is 224 g/mol. The van der Waals surface area contributed by atoms with Gasteiger partial charge in [-0.3, -0.25) is 0 Å². The van der Waals surface area contributed by atoms with Crippen LogP contribution in [0.15, 0.2) is 0 Å². The monoisotopic (exact) mass is 250 g/mol. The molecule has 0 aliphatic heterocycles. The van der Waals surface area contributed by atoms with Gasteiger partial charge in [-0.15, -0.1) is 0 Å². The van der Waals surface area contributed by atoms with E-state index in [1.165, 1.54) is 13.1 Å². The molecule has 0 amide bonds. The highest BCUT2D eigenvalue weighted by atomic mass is 32.1. The number of nitrogens with two attached hydrogens (primary N) is 1. The number of quaternary nitrogens is 1. The van der Waals surface area contributed by atoms with Gasteiger partial charge in [-0.1, -0.05) is 18.2 Å². The van der Waals surface area contributed by atoms with Crippen LogP contribution in [0.25, 0.3) is 0 Å². The molecule has 0 aromatic heterocycles. The molecule has 0 bridgehead atoms. The van der Waals surface area contributed by atoms with Gasteiger partial charge in [-0.2, -0.15) is 0 Å². The second kappa shape index (κ2) is 14.1. The van der Waals surface area contributed by atoms with Crippen LogP contribution in [0.1, 0.15) is 40.5 Å². The van der Waals surface area contributed by atoms with Crippen molar-refractivity contribution in [3.05, 3.63) is 0 Å². The first-order chi connectivity index (χ1) is 7.13. The molecule has 0 aliphatic rings. The van der Waals surface area contributed by atoms with E-state index >= 15 is 0 Å². The highest BCUT2D eigenvalue weighted by Gasteiger charge is 1.95. The molecule has 0 atom stereocenters. The Morgan fingerprint density at radius 2 is 1.47 bits per heavy atom. The van der Waals surface area contributed by atoms with Crippen LogP contribution in [-0.2, 0) is 12.6 Å². The lowest BCUT2D eigenvalue weighted by atomic mass is 10.4. The third kappa shape index (κ3) is 14.1. The van der Waals surface area contributed by atoms with Gasteiger partial charge in [0.15, 0.2) is 0 Å². The maximum Gasteiger partial charge on any atom is 0.0726 e. The number of hydrogen-bond donors (Lipinski definition) is 1. The predicted octanol–water partition coefficient (Wildman–Crippen LogP) is 1.53. The van der Waals surface area contributed by atoms with E-state index in [1.54, 1.807) is 0 Å². The Kier molecular flexibility index (Phi) is 16.4. The summed E-state index contributed by atoms with van der Waals surface area (Å²) in [6.45, 7) is 13.0. The van der Waals surface area contributed by atoms with Gasteiger partial charge in [-0.25, -0.2) is 0 Å². The van der Waals surface area contributed by atoms with Crippen molar-refractivity contribution in [2.45, 2.75) is 40.5 Å². The lowest BCUT2D eigenvalue weighted by Crippen LogP contribution is -2.82. The lowest BCUT2D eigenvalue weighted by Gasteiger charge is -2.27. The third-order valence-corrected chi connectivity index (χ3v) is 2.34. The minimum Gasteiger partial charge on any atom is -0.411 e. The summed E-state index contributed by atoms with van der Waals surface area (Å²) >= 11 is 9.78. The topological polar surface area (TPSA) is 19.9 Å². The van der Waals surface area contributed by atoms with E-state index in [-0.39, 0.29) is 0 Å². The molecule has 2 nitrogen and oxygen atoms in total. The van der Waals surface area contributed by atoms with Crippen LogP contribution in [0.2, 0.25) is 0 Å². The molecule has 0 rings (SSSR count). The van der Waals surface area contributed by atoms with Gasteiger partial charge < -0.3 is 35.1 Å². The van der Waals surface area contributed by atoms with Crippen LogP contribution in [0, 0.1) is 0 Å². The van der Waals surface area contributed by atoms with Crippen molar-refractivity contribution in [3.63, 3.8) is 0 Å². The molecule has 0 fully saturated rings. The Morgan fingerprint density at radius 3 is 1.60 bits per heavy atom. The maximum atomic E-state index is 4.89. The summed E-state index contributed by atoms with van der Waals surface area (Å²) in [5.74, 6) is 0. The zero-order chi connectivity index (χ0) is 12.1. The minimum absolute atomic E-state index is 0.615. The molecule has 0 saturated carbocycles. The van der Waals surface area contributed by atoms with E-state index in [9.17, 15) is 0 Å². The molecule has 0 aromatic rings. The molecule has 0 unspecified atom stereocenters. The summed E-state index contributed by atoms with van der Waals surface area (Å²) in [5.41, 5.74) is 0. The summed E-state index contributed by atoms with van der Waals surface area (Å²) in [4.78, 5) is 2.07. The summed E-state index contributed by atoms with van der Waals surface area (Å²) in [6.07, 6.45) is 2.24. The highest BCUT2D eigenvalue weighted by Crippen LogP contribution is 1.95. The number of nitrogens with zero attached hydrogens (tertiary/aromatic N) is 1. The van der Waals surface area contributed by atoms with E-state index in [0.717, 1.165) is 25.9 Å². The van der Waals surface area contributed by atoms with Gasteiger partial charge >= 0.3 is 0 Å². The van der Waals surface area contributed by atoms with E-state index in [1.807, 2.05) is 0 Å². The Bertz CT molecular complexity index is 133. The standard InChI is InChI=1S/C7H15NS2.C4H11N/c1-3-5-8(6-4-2)7(9)10;1-3-5-4-2/h3-6H2,1-2H3,(H,9,10);5H,3-4H2,1-2H3. The number of thiocarbonyl (C=S) groups is 1. The summed E-state index contributed by atoms with van der Waals surface area (Å²) in [7, 11) is 0. The van der Waals surface area contributed by atoms with Gasteiger partial charge in [0.05, 0.1) is 13.1 Å². The Hall–Kier alpha value is 0.0700. The van der Waals surface area contributed by atoms with Crippen molar-refractivity contribution in [2.24, 2.45) is 0 Å². The minimum atomic E-state index is 0.615. The summed E-state index contributed by atoms with van der Waals surface area (Å²) in [6, 6.07) is 0. The normalized spacial score (nSPS) is 9.07. The fourth-order valence-electron chi connectivity index (χ4n) is 1.12. The average molecular weight is 250 g/mol. The van der Waals surface area contributed by atoms with Crippen molar-refractivity contribution in [1.29, 1.82) is 0 Å². The first kappa shape index (κ1) is 17.5. The summed E-state index contributed by atoms with van der Waals surface area (Å²) < 4.78 is 0.615. The van der Waals surface area contributed by atoms with Gasteiger partial charge in [0.25, 0.3) is 0 Å². The largest absolute Gasteiger partial charge is 0.411 e. The molecule has 0 saturated heterocycles. The van der Waals surface area contributed by atoms with Gasteiger partial charge in [-0.05, 0) is 26.7 Å². The average Bonchev–Trinajstić information content (AvgIpc) is 2.19. The van der Waals surface area contributed by atoms with E-state index in [2.05, 4.69) is 37.9 Å². The van der Waals surface area contributed by atoms with E-state index in [0.29, 0.717) is 4.32 Å². The van der Waals surface area contributed by atoms with Crippen LogP contribution in [0.3, 0.4) is 0 Å². The van der Waals surface area contributed by atoms with Crippen LogP contribution >= 0.6 is 12.2 Å². The van der Waals surface area contributed by atoms with E-state index < -0.39 is 0 Å². The van der Waals surface area contributed by atoms with Gasteiger partial charge in [0.1, 0.15) is 0 Å². The molecule has 0 spiro atoms. The number of rotatable bonds is 6. The SMILES string of the molecule is CCCN(CCC)C(=S)[S-].CC[NH2+]CC. The van der Waals surface area contributed by atoms with Crippen molar-refractivity contribution in [3.8, 4) is 0 Å². The molecule has 0 aromatic carbocycles. The Morgan fingerprint density at radius 1 is 1.07 bits per heavy atom. The fourth-order valence-corrected chi connectivity index (χ4v) is 1.49. The third-order valence-electron chi connectivity index (χ3n) is 1.82. The predicted molar refractivity (Wildman–Crippen MR) is 75.1 cm³/mol. The van der Waals surface area contributed by atoms with Gasteiger partial charge in [0.2, 0.25) is 0 Å². The van der Waals surface area contributed by atoms with Crippen molar-refractivity contribution >= 4 is 29.2 Å². The molecular formula is C11H26N2S2. The molecule has 2 N–H and O–H groups in total. The van der Waals surface area contributed by atoms with Gasteiger partial charge in [0, 0.05) is 13.1 Å². The Balaban J connectivity index is 0. The zero-order valence-electron chi connectivity index (χ0n) is 10.6. The molecule has 4 heteroatoms. The highest BCUT2D eigenvalue weighted by molar-refractivity contribution is 8.00. The van der Waals surface area contributed by atoms with Crippen molar-refractivity contribution in [1.82, 2.24) is 4.90 Å². The van der Waals surface area contributed by atoms with Crippen LogP contribution in [0.5, 0.6) is 0 Å². The van der Waals surface area contributed by atoms with Crippen LogP contribution in [-0.4, -0.2) is 35.4 Å². The second-order valence-corrected chi connectivity index (χ2v) is 4.39. The first-order valence-corrected chi connectivity index (χ1v) is 6.73. The molecule has 0 aliphatic carbocycles. The van der Waals surface area contributed by atoms with Crippen molar-refractivity contribution in [2.75, 3.05) is 26.2 Å². The molecule has 92 valence electrons. The fraction of sp³-hybridized carbons (Fsp3) is 0.909. The second-order valence-electron chi connectivity index (χ2n) is 3.36. The quantitative estimate of drug-likeness (QED) is 0.570. The number of hydrogen-bond acceptors (Lipinski definition) is 2. The maximum absolute atomic E-state index is 4.89.